The Labute approximate surface area is 118 Å². The van der Waals surface area contributed by atoms with Crippen molar-refractivity contribution in [2.24, 2.45) is 5.73 Å². The molecule has 1 aromatic rings. The highest BCUT2D eigenvalue weighted by Crippen LogP contribution is 2.16. The molecule has 0 spiro atoms. The van der Waals surface area contributed by atoms with Crippen LogP contribution in [0.5, 0.6) is 0 Å². The number of nitrogens with one attached hydrogen (secondary N) is 1. The first-order chi connectivity index (χ1) is 9.31. The van der Waals surface area contributed by atoms with E-state index in [2.05, 4.69) is 17.2 Å². The van der Waals surface area contributed by atoms with E-state index in [1.54, 1.807) is 0 Å². The average molecular weight is 278 g/mol. The number of benzene rings is 1. The summed E-state index contributed by atoms with van der Waals surface area (Å²) in [7, 11) is 0. The molecule has 1 rings (SSSR count). The van der Waals surface area contributed by atoms with Gasteiger partial charge in [0.05, 0.1) is 23.4 Å². The fourth-order valence-electron chi connectivity index (χ4n) is 1.34. The third-order valence-electron chi connectivity index (χ3n) is 2.22. The summed E-state index contributed by atoms with van der Waals surface area (Å²) >= 11 is 0. The number of nitrogens with two attached hydrogens (primary N) is 1. The predicted molar refractivity (Wildman–Crippen MR) is 76.7 cm³/mol. The summed E-state index contributed by atoms with van der Waals surface area (Å²) in [5.74, 6) is 4.61. The minimum Gasteiger partial charge on any atom is -0.366 e. The van der Waals surface area contributed by atoms with Crippen LogP contribution in [0.25, 0.3) is 0 Å². The van der Waals surface area contributed by atoms with Crippen molar-refractivity contribution >= 4 is 11.6 Å². The Morgan fingerprint density at radius 3 is 2.75 bits per heavy atom. The number of carbonyl (C=O) groups excluding carboxylic acids is 1. The van der Waals surface area contributed by atoms with E-state index in [1.807, 2.05) is 20.8 Å². The van der Waals surface area contributed by atoms with Gasteiger partial charge in [-0.15, -0.1) is 0 Å². The fraction of sp³-hybridized carbons (Fsp3) is 0.400. The molecule has 3 N–H and O–H groups in total. The molecule has 0 saturated heterocycles. The maximum atomic E-state index is 13.2. The lowest BCUT2D eigenvalue weighted by Crippen LogP contribution is -2.27. The lowest BCUT2D eigenvalue weighted by Gasteiger charge is -2.19. The van der Waals surface area contributed by atoms with Crippen LogP contribution < -0.4 is 11.1 Å². The number of hydrogen-bond acceptors (Lipinski definition) is 3. The Balaban J connectivity index is 2.79. The predicted octanol–water partition coefficient (Wildman–Crippen LogP) is 1.89. The summed E-state index contributed by atoms with van der Waals surface area (Å²) in [6.07, 6.45) is 0. The second-order valence-electron chi connectivity index (χ2n) is 5.15. The van der Waals surface area contributed by atoms with Gasteiger partial charge in [-0.25, -0.2) is 4.39 Å². The van der Waals surface area contributed by atoms with Gasteiger partial charge in [-0.05, 0) is 39.0 Å². The zero-order valence-corrected chi connectivity index (χ0v) is 11.9. The molecule has 0 aromatic heterocycles. The van der Waals surface area contributed by atoms with Gasteiger partial charge in [0.25, 0.3) is 0 Å². The minimum absolute atomic E-state index is 0.0787. The molecule has 1 amide bonds. The second kappa shape index (κ2) is 7.04. The highest BCUT2D eigenvalue weighted by atomic mass is 19.1. The molecule has 0 atom stereocenters. The molecule has 0 unspecified atom stereocenters. The fourth-order valence-corrected chi connectivity index (χ4v) is 1.34. The van der Waals surface area contributed by atoms with E-state index in [1.165, 1.54) is 18.2 Å². The summed E-state index contributed by atoms with van der Waals surface area (Å²) in [6.45, 7) is 5.66. The Morgan fingerprint density at radius 1 is 1.45 bits per heavy atom. The SMILES string of the molecule is CC(C)(C)OCC(=O)Nc1ccc(F)cc1C#CCN. The van der Waals surface area contributed by atoms with E-state index in [0.29, 0.717) is 11.3 Å². The Hall–Kier alpha value is -1.90. The van der Waals surface area contributed by atoms with Crippen molar-refractivity contribution in [1.82, 2.24) is 0 Å². The van der Waals surface area contributed by atoms with Gasteiger partial charge in [0, 0.05) is 0 Å². The van der Waals surface area contributed by atoms with Crippen molar-refractivity contribution in [3.8, 4) is 11.8 Å². The molecule has 0 aliphatic heterocycles. The summed E-state index contributed by atoms with van der Waals surface area (Å²) in [5.41, 5.74) is 5.71. The first kappa shape index (κ1) is 16.2. The van der Waals surface area contributed by atoms with E-state index in [-0.39, 0.29) is 19.1 Å². The monoisotopic (exact) mass is 278 g/mol. The van der Waals surface area contributed by atoms with Crippen LogP contribution in [0.1, 0.15) is 26.3 Å². The second-order valence-corrected chi connectivity index (χ2v) is 5.15. The molecule has 0 aliphatic rings. The van der Waals surface area contributed by atoms with Crippen molar-refractivity contribution in [2.45, 2.75) is 26.4 Å². The van der Waals surface area contributed by atoms with Gasteiger partial charge in [-0.2, -0.15) is 0 Å². The molecule has 1 aromatic carbocycles. The molecule has 20 heavy (non-hydrogen) atoms. The summed E-state index contributed by atoms with van der Waals surface area (Å²) < 4.78 is 18.5. The molecule has 0 fully saturated rings. The van der Waals surface area contributed by atoms with Crippen molar-refractivity contribution in [1.29, 1.82) is 0 Å². The zero-order chi connectivity index (χ0) is 15.2. The van der Waals surface area contributed by atoms with E-state index < -0.39 is 11.4 Å². The number of amides is 1. The standard InChI is InChI=1S/C15H19FN2O2/c1-15(2,3)20-10-14(19)18-13-7-6-12(16)9-11(13)5-4-8-17/h6-7,9H,8,10,17H2,1-3H3,(H,18,19). The molecule has 5 heteroatoms. The first-order valence-corrected chi connectivity index (χ1v) is 6.24. The molecule has 108 valence electrons. The van der Waals surface area contributed by atoms with E-state index in [9.17, 15) is 9.18 Å². The van der Waals surface area contributed by atoms with Gasteiger partial charge >= 0.3 is 0 Å². The van der Waals surface area contributed by atoms with Crippen LogP contribution in [0.15, 0.2) is 18.2 Å². The normalized spacial score (nSPS) is 10.7. The summed E-state index contributed by atoms with van der Waals surface area (Å²) in [4.78, 5) is 11.8. The largest absolute Gasteiger partial charge is 0.366 e. The molecule has 0 saturated carbocycles. The molecule has 4 nitrogen and oxygen atoms in total. The van der Waals surface area contributed by atoms with Crippen LogP contribution in [0.3, 0.4) is 0 Å². The van der Waals surface area contributed by atoms with Gasteiger partial charge in [-0.3, -0.25) is 4.79 Å². The molecule has 0 aliphatic carbocycles. The topological polar surface area (TPSA) is 64.3 Å². The minimum atomic E-state index is -0.421. The van der Waals surface area contributed by atoms with Gasteiger partial charge in [-0.1, -0.05) is 11.8 Å². The van der Waals surface area contributed by atoms with Crippen LogP contribution in [0.4, 0.5) is 10.1 Å². The third kappa shape index (κ3) is 5.83. The van der Waals surface area contributed by atoms with Gasteiger partial charge in [0.1, 0.15) is 12.4 Å². The smallest absolute Gasteiger partial charge is 0.250 e. The van der Waals surface area contributed by atoms with Gasteiger partial charge in [0.15, 0.2) is 0 Å². The maximum absolute atomic E-state index is 13.2. The van der Waals surface area contributed by atoms with Gasteiger partial charge < -0.3 is 15.8 Å². The van der Waals surface area contributed by atoms with Crippen molar-refractivity contribution in [2.75, 3.05) is 18.5 Å². The Morgan fingerprint density at radius 2 is 2.15 bits per heavy atom. The summed E-state index contributed by atoms with van der Waals surface area (Å²) in [6, 6.07) is 3.97. The Kier molecular flexibility index (Phi) is 5.68. The van der Waals surface area contributed by atoms with Crippen LogP contribution in [0, 0.1) is 17.7 Å². The van der Waals surface area contributed by atoms with Crippen LogP contribution in [-0.4, -0.2) is 24.7 Å². The Bertz CT molecular complexity index is 539. The zero-order valence-electron chi connectivity index (χ0n) is 11.9. The highest BCUT2D eigenvalue weighted by Gasteiger charge is 2.13. The lowest BCUT2D eigenvalue weighted by atomic mass is 10.1. The van der Waals surface area contributed by atoms with E-state index in [0.717, 1.165) is 0 Å². The lowest BCUT2D eigenvalue weighted by molar-refractivity contribution is -0.125. The van der Waals surface area contributed by atoms with Crippen LogP contribution in [-0.2, 0) is 9.53 Å². The highest BCUT2D eigenvalue weighted by molar-refractivity contribution is 5.93. The van der Waals surface area contributed by atoms with E-state index in [4.69, 9.17) is 10.5 Å². The molecule has 0 bridgehead atoms. The molecular weight excluding hydrogens is 259 g/mol. The number of anilines is 1. The summed E-state index contributed by atoms with van der Waals surface area (Å²) in [5, 5.41) is 2.65. The molecular formula is C15H19FN2O2. The number of ether oxygens (including phenoxy) is 1. The molecule has 0 heterocycles. The molecule has 0 radical (unpaired) electrons. The van der Waals surface area contributed by atoms with Crippen molar-refractivity contribution in [3.05, 3.63) is 29.6 Å². The van der Waals surface area contributed by atoms with Crippen LogP contribution in [0.2, 0.25) is 0 Å². The van der Waals surface area contributed by atoms with Crippen molar-refractivity contribution in [3.63, 3.8) is 0 Å². The quantitative estimate of drug-likeness (QED) is 0.830. The third-order valence-corrected chi connectivity index (χ3v) is 2.22. The maximum Gasteiger partial charge on any atom is 0.250 e. The number of hydrogen-bond donors (Lipinski definition) is 2. The average Bonchev–Trinajstić information content (AvgIpc) is 2.36. The number of halogens is 1. The number of rotatable bonds is 3. The number of carbonyl (C=O) groups is 1. The van der Waals surface area contributed by atoms with Gasteiger partial charge in [0.2, 0.25) is 5.91 Å². The van der Waals surface area contributed by atoms with Crippen molar-refractivity contribution < 1.29 is 13.9 Å². The van der Waals surface area contributed by atoms with E-state index >= 15 is 0 Å². The van der Waals surface area contributed by atoms with Crippen LogP contribution >= 0.6 is 0 Å². The first-order valence-electron chi connectivity index (χ1n) is 6.24.